The van der Waals surface area contributed by atoms with Gasteiger partial charge in [0.15, 0.2) is 5.82 Å². The molecule has 1 fully saturated rings. The number of likely N-dealkylation sites (tertiary alicyclic amines) is 1. The van der Waals surface area contributed by atoms with Crippen molar-refractivity contribution in [1.82, 2.24) is 24.6 Å². The Morgan fingerprint density at radius 2 is 1.93 bits per heavy atom. The van der Waals surface area contributed by atoms with Crippen molar-refractivity contribution in [3.63, 3.8) is 0 Å². The molecule has 1 saturated heterocycles. The van der Waals surface area contributed by atoms with Crippen LogP contribution < -0.4 is 5.32 Å². The standard InChI is InChI=1S/C23H29N5O/c1-19-10-5-6-14-26(19)17-9-13-24-22(29)21-18-25-28(20-11-3-2-4-12-20)23(21)27-15-7-8-16-27/h2-4,7-8,11-12,15-16,18-19H,5-6,9-10,13-14,17H2,1H3,(H,24,29). The number of rotatable bonds is 7. The van der Waals surface area contributed by atoms with E-state index in [2.05, 4.69) is 22.2 Å². The zero-order valence-electron chi connectivity index (χ0n) is 17.0. The number of piperidine rings is 1. The molecule has 29 heavy (non-hydrogen) atoms. The second kappa shape index (κ2) is 9.09. The first kappa shape index (κ1) is 19.5. The average molecular weight is 392 g/mol. The average Bonchev–Trinajstić information content (AvgIpc) is 3.42. The van der Waals surface area contributed by atoms with Crippen LogP contribution in [0.4, 0.5) is 0 Å². The van der Waals surface area contributed by atoms with Crippen LogP contribution in [0.2, 0.25) is 0 Å². The number of amides is 1. The highest BCUT2D eigenvalue weighted by molar-refractivity contribution is 5.97. The van der Waals surface area contributed by atoms with Gasteiger partial charge in [-0.3, -0.25) is 4.79 Å². The van der Waals surface area contributed by atoms with Gasteiger partial charge in [-0.1, -0.05) is 24.6 Å². The van der Waals surface area contributed by atoms with Gasteiger partial charge < -0.3 is 14.8 Å². The van der Waals surface area contributed by atoms with Crippen molar-refractivity contribution >= 4 is 5.91 Å². The van der Waals surface area contributed by atoms with Crippen molar-refractivity contribution in [1.29, 1.82) is 0 Å². The maximum atomic E-state index is 12.9. The zero-order chi connectivity index (χ0) is 20.1. The summed E-state index contributed by atoms with van der Waals surface area (Å²) in [6.45, 7) is 5.19. The van der Waals surface area contributed by atoms with Crippen LogP contribution in [-0.4, -0.2) is 50.8 Å². The summed E-state index contributed by atoms with van der Waals surface area (Å²) in [5.74, 6) is 0.672. The Morgan fingerprint density at radius 3 is 2.69 bits per heavy atom. The third-order valence-electron chi connectivity index (χ3n) is 5.69. The predicted octanol–water partition coefficient (Wildman–Crippen LogP) is 3.66. The fourth-order valence-corrected chi connectivity index (χ4v) is 4.05. The van der Waals surface area contributed by atoms with E-state index in [0.717, 1.165) is 24.5 Å². The molecule has 0 aliphatic carbocycles. The summed E-state index contributed by atoms with van der Waals surface area (Å²) in [5, 5.41) is 7.59. The SMILES string of the molecule is CC1CCCCN1CCCNC(=O)c1cnn(-c2ccccc2)c1-n1cccc1. The number of carbonyl (C=O) groups excluding carboxylic acids is 1. The largest absolute Gasteiger partial charge is 0.352 e. The summed E-state index contributed by atoms with van der Waals surface area (Å²) < 4.78 is 3.74. The molecule has 6 nitrogen and oxygen atoms in total. The Kier molecular flexibility index (Phi) is 6.10. The molecule has 1 aliphatic rings. The maximum absolute atomic E-state index is 12.9. The molecule has 1 unspecified atom stereocenters. The number of para-hydroxylation sites is 1. The topological polar surface area (TPSA) is 55.1 Å². The summed E-state index contributed by atoms with van der Waals surface area (Å²) in [5.41, 5.74) is 1.51. The first-order valence-corrected chi connectivity index (χ1v) is 10.5. The summed E-state index contributed by atoms with van der Waals surface area (Å²) in [6.07, 6.45) is 10.4. The third kappa shape index (κ3) is 4.43. The molecule has 152 valence electrons. The van der Waals surface area contributed by atoms with Crippen LogP contribution in [0, 0.1) is 0 Å². The molecule has 1 aromatic carbocycles. The second-order valence-corrected chi connectivity index (χ2v) is 7.71. The summed E-state index contributed by atoms with van der Waals surface area (Å²) in [6, 6.07) is 14.4. The molecule has 0 bridgehead atoms. The van der Waals surface area contributed by atoms with Crippen molar-refractivity contribution in [2.75, 3.05) is 19.6 Å². The summed E-state index contributed by atoms with van der Waals surface area (Å²) in [4.78, 5) is 15.5. The molecule has 0 spiro atoms. The van der Waals surface area contributed by atoms with Gasteiger partial charge in [-0.05, 0) is 57.0 Å². The number of hydrogen-bond acceptors (Lipinski definition) is 3. The molecule has 1 N–H and O–H groups in total. The lowest BCUT2D eigenvalue weighted by atomic mass is 10.0. The van der Waals surface area contributed by atoms with E-state index in [1.165, 1.54) is 25.8 Å². The molecule has 1 aliphatic heterocycles. The Morgan fingerprint density at radius 1 is 1.14 bits per heavy atom. The van der Waals surface area contributed by atoms with Gasteiger partial charge in [0.1, 0.15) is 5.56 Å². The van der Waals surface area contributed by atoms with E-state index >= 15 is 0 Å². The smallest absolute Gasteiger partial charge is 0.256 e. The van der Waals surface area contributed by atoms with E-state index in [0.29, 0.717) is 18.2 Å². The number of benzene rings is 1. The number of hydrogen-bond donors (Lipinski definition) is 1. The molecule has 3 heterocycles. The monoisotopic (exact) mass is 391 g/mol. The lowest BCUT2D eigenvalue weighted by Gasteiger charge is -2.33. The highest BCUT2D eigenvalue weighted by atomic mass is 16.1. The van der Waals surface area contributed by atoms with Crippen LogP contribution in [0.15, 0.2) is 61.1 Å². The minimum absolute atomic E-state index is 0.0810. The van der Waals surface area contributed by atoms with Gasteiger partial charge in [0.05, 0.1) is 11.9 Å². The van der Waals surface area contributed by atoms with Crippen molar-refractivity contribution in [3.8, 4) is 11.5 Å². The molecule has 1 amide bonds. The van der Waals surface area contributed by atoms with Crippen LogP contribution in [0.3, 0.4) is 0 Å². The van der Waals surface area contributed by atoms with Crippen LogP contribution >= 0.6 is 0 Å². The fraction of sp³-hybridized carbons (Fsp3) is 0.391. The molecule has 3 aromatic rings. The third-order valence-corrected chi connectivity index (χ3v) is 5.69. The highest BCUT2D eigenvalue weighted by Gasteiger charge is 2.20. The predicted molar refractivity (Wildman–Crippen MR) is 115 cm³/mol. The van der Waals surface area contributed by atoms with Gasteiger partial charge in [0, 0.05) is 31.5 Å². The summed E-state index contributed by atoms with van der Waals surface area (Å²) >= 11 is 0. The van der Waals surface area contributed by atoms with Gasteiger partial charge in [-0.2, -0.15) is 5.10 Å². The number of aromatic nitrogens is 3. The van der Waals surface area contributed by atoms with Crippen molar-refractivity contribution in [3.05, 3.63) is 66.6 Å². The van der Waals surface area contributed by atoms with E-state index in [-0.39, 0.29) is 5.91 Å². The summed E-state index contributed by atoms with van der Waals surface area (Å²) in [7, 11) is 0. The molecule has 1 atom stereocenters. The van der Waals surface area contributed by atoms with Crippen LogP contribution in [0.25, 0.3) is 11.5 Å². The van der Waals surface area contributed by atoms with Crippen LogP contribution in [0.1, 0.15) is 43.0 Å². The molecule has 6 heteroatoms. The Balaban J connectivity index is 1.45. The van der Waals surface area contributed by atoms with Gasteiger partial charge in [-0.25, -0.2) is 4.68 Å². The fourth-order valence-electron chi connectivity index (χ4n) is 4.05. The first-order chi connectivity index (χ1) is 14.2. The molecule has 4 rings (SSSR count). The quantitative estimate of drug-likeness (QED) is 0.626. The van der Waals surface area contributed by atoms with Crippen LogP contribution in [-0.2, 0) is 0 Å². The van der Waals surface area contributed by atoms with Crippen molar-refractivity contribution < 1.29 is 4.79 Å². The van der Waals surface area contributed by atoms with Crippen molar-refractivity contribution in [2.24, 2.45) is 0 Å². The van der Waals surface area contributed by atoms with Gasteiger partial charge in [-0.15, -0.1) is 0 Å². The number of carbonyl (C=O) groups is 1. The molecule has 0 radical (unpaired) electrons. The molecule has 2 aromatic heterocycles. The zero-order valence-corrected chi connectivity index (χ0v) is 17.0. The minimum atomic E-state index is -0.0810. The lowest BCUT2D eigenvalue weighted by Crippen LogP contribution is -2.39. The van der Waals surface area contributed by atoms with E-state index in [1.54, 1.807) is 6.20 Å². The van der Waals surface area contributed by atoms with Crippen molar-refractivity contribution in [2.45, 2.75) is 38.6 Å². The molecular weight excluding hydrogens is 362 g/mol. The number of nitrogens with one attached hydrogen (secondary N) is 1. The van der Waals surface area contributed by atoms with Gasteiger partial charge in [0.2, 0.25) is 0 Å². The van der Waals surface area contributed by atoms with E-state index < -0.39 is 0 Å². The Bertz CT molecular complexity index is 916. The van der Waals surface area contributed by atoms with E-state index in [9.17, 15) is 4.79 Å². The first-order valence-electron chi connectivity index (χ1n) is 10.5. The maximum Gasteiger partial charge on any atom is 0.256 e. The number of nitrogens with zero attached hydrogens (tertiary/aromatic N) is 4. The molecular formula is C23H29N5O. The van der Waals surface area contributed by atoms with E-state index in [4.69, 9.17) is 0 Å². The normalized spacial score (nSPS) is 17.3. The lowest BCUT2D eigenvalue weighted by molar-refractivity contribution is 0.0949. The minimum Gasteiger partial charge on any atom is -0.352 e. The van der Waals surface area contributed by atoms with E-state index in [1.807, 2.05) is 64.1 Å². The van der Waals surface area contributed by atoms with Crippen LogP contribution in [0.5, 0.6) is 0 Å². The Labute approximate surface area is 172 Å². The highest BCUT2D eigenvalue weighted by Crippen LogP contribution is 2.20. The molecule has 0 saturated carbocycles. The van der Waals surface area contributed by atoms with Gasteiger partial charge >= 0.3 is 0 Å². The second-order valence-electron chi connectivity index (χ2n) is 7.71. The van der Waals surface area contributed by atoms with Gasteiger partial charge in [0.25, 0.3) is 5.91 Å². The Hall–Kier alpha value is -2.86.